The summed E-state index contributed by atoms with van der Waals surface area (Å²) in [5.74, 6) is -0.776. The standard InChI is InChI=1S/C16H11IN2O2/c17-10-6-7-12-11(8-10)14(16(20)21)13(15(18)19-12)9-4-2-1-3-5-9/h1-8H,(H2,18,19)(H,20,21). The third kappa shape index (κ3) is 2.44. The van der Waals surface area contributed by atoms with Crippen molar-refractivity contribution in [3.63, 3.8) is 0 Å². The Kier molecular flexibility index (Phi) is 3.50. The summed E-state index contributed by atoms with van der Waals surface area (Å²) in [4.78, 5) is 16.1. The van der Waals surface area contributed by atoms with E-state index >= 15 is 0 Å². The Bertz CT molecular complexity index is 848. The number of fused-ring (bicyclic) bond motifs is 1. The molecule has 3 aromatic rings. The van der Waals surface area contributed by atoms with E-state index in [4.69, 9.17) is 5.73 Å². The van der Waals surface area contributed by atoms with Crippen LogP contribution in [0.25, 0.3) is 22.0 Å². The van der Waals surface area contributed by atoms with E-state index in [-0.39, 0.29) is 11.4 Å². The zero-order valence-electron chi connectivity index (χ0n) is 10.9. The van der Waals surface area contributed by atoms with E-state index in [9.17, 15) is 9.90 Å². The molecule has 5 heteroatoms. The van der Waals surface area contributed by atoms with Crippen molar-refractivity contribution in [3.05, 3.63) is 57.7 Å². The largest absolute Gasteiger partial charge is 0.478 e. The molecule has 104 valence electrons. The second-order valence-corrected chi connectivity index (χ2v) is 5.83. The number of carbonyl (C=O) groups is 1. The highest BCUT2D eigenvalue weighted by atomic mass is 127. The molecule has 0 amide bonds. The van der Waals surface area contributed by atoms with Crippen molar-refractivity contribution >= 4 is 45.3 Å². The molecule has 0 aliphatic rings. The SMILES string of the molecule is Nc1nc2ccc(I)cc2c(C(=O)O)c1-c1ccccc1. The first-order valence-electron chi connectivity index (χ1n) is 6.25. The molecule has 4 nitrogen and oxygen atoms in total. The van der Waals surface area contributed by atoms with E-state index in [1.165, 1.54) is 0 Å². The van der Waals surface area contributed by atoms with E-state index in [0.29, 0.717) is 16.5 Å². The van der Waals surface area contributed by atoms with Crippen LogP contribution in [0.15, 0.2) is 48.5 Å². The van der Waals surface area contributed by atoms with Crippen LogP contribution in [0.3, 0.4) is 0 Å². The zero-order valence-corrected chi connectivity index (χ0v) is 13.0. The smallest absolute Gasteiger partial charge is 0.337 e. The van der Waals surface area contributed by atoms with Gasteiger partial charge in [-0.05, 0) is 46.4 Å². The Morgan fingerprint density at radius 3 is 2.52 bits per heavy atom. The first-order valence-corrected chi connectivity index (χ1v) is 7.33. The second-order valence-electron chi connectivity index (χ2n) is 4.58. The number of benzene rings is 2. The summed E-state index contributed by atoms with van der Waals surface area (Å²) in [6.45, 7) is 0. The molecule has 0 unspecified atom stereocenters. The highest BCUT2D eigenvalue weighted by Crippen LogP contribution is 2.34. The predicted octanol–water partition coefficient (Wildman–Crippen LogP) is 3.79. The molecule has 0 spiro atoms. The fourth-order valence-electron chi connectivity index (χ4n) is 2.37. The lowest BCUT2D eigenvalue weighted by atomic mass is 9.97. The van der Waals surface area contributed by atoms with Crippen LogP contribution in [0.1, 0.15) is 10.4 Å². The lowest BCUT2D eigenvalue weighted by Gasteiger charge is -2.12. The topological polar surface area (TPSA) is 76.2 Å². The monoisotopic (exact) mass is 390 g/mol. The Morgan fingerprint density at radius 1 is 1.14 bits per heavy atom. The molecule has 0 bridgehead atoms. The summed E-state index contributed by atoms with van der Waals surface area (Å²) >= 11 is 2.15. The fraction of sp³-hybridized carbons (Fsp3) is 0. The summed E-state index contributed by atoms with van der Waals surface area (Å²) in [5, 5.41) is 10.3. The van der Waals surface area contributed by atoms with Gasteiger partial charge in [-0.3, -0.25) is 0 Å². The quantitative estimate of drug-likeness (QED) is 0.653. The average Bonchev–Trinajstić information content (AvgIpc) is 2.47. The highest BCUT2D eigenvalue weighted by molar-refractivity contribution is 14.1. The first-order chi connectivity index (χ1) is 10.1. The van der Waals surface area contributed by atoms with Crippen molar-refractivity contribution in [2.24, 2.45) is 0 Å². The lowest BCUT2D eigenvalue weighted by Crippen LogP contribution is -2.06. The number of nitrogens with zero attached hydrogens (tertiary/aromatic N) is 1. The Hall–Kier alpha value is -2.15. The van der Waals surface area contributed by atoms with Gasteiger partial charge in [0.05, 0.1) is 11.1 Å². The van der Waals surface area contributed by atoms with E-state index in [1.54, 1.807) is 6.07 Å². The van der Waals surface area contributed by atoms with Gasteiger partial charge in [-0.1, -0.05) is 30.3 Å². The van der Waals surface area contributed by atoms with Crippen LogP contribution in [0, 0.1) is 3.57 Å². The molecule has 3 N–H and O–H groups in total. The third-order valence-corrected chi connectivity index (χ3v) is 3.92. The number of hydrogen-bond acceptors (Lipinski definition) is 3. The molecule has 0 saturated heterocycles. The second kappa shape index (κ2) is 5.33. The van der Waals surface area contributed by atoms with E-state index < -0.39 is 5.97 Å². The number of anilines is 1. The maximum Gasteiger partial charge on any atom is 0.337 e. The number of carboxylic acid groups (broad SMARTS) is 1. The van der Waals surface area contributed by atoms with Gasteiger partial charge in [-0.15, -0.1) is 0 Å². The molecule has 0 radical (unpaired) electrons. The van der Waals surface area contributed by atoms with Gasteiger partial charge in [0.2, 0.25) is 0 Å². The lowest BCUT2D eigenvalue weighted by molar-refractivity contribution is 0.0700. The maximum absolute atomic E-state index is 11.8. The minimum atomic E-state index is -1.00. The van der Waals surface area contributed by atoms with Crippen LogP contribution in [-0.2, 0) is 0 Å². The molecular formula is C16H11IN2O2. The molecule has 0 aliphatic carbocycles. The number of nitrogen functional groups attached to an aromatic ring is 1. The number of rotatable bonds is 2. The first kappa shape index (κ1) is 13.8. The predicted molar refractivity (Wildman–Crippen MR) is 91.3 cm³/mol. The van der Waals surface area contributed by atoms with Gasteiger partial charge in [-0.25, -0.2) is 9.78 Å². The number of aromatic nitrogens is 1. The molecule has 0 saturated carbocycles. The van der Waals surface area contributed by atoms with Gasteiger partial charge in [0.1, 0.15) is 5.82 Å². The van der Waals surface area contributed by atoms with E-state index in [0.717, 1.165) is 9.13 Å². The highest BCUT2D eigenvalue weighted by Gasteiger charge is 2.20. The number of halogens is 1. The maximum atomic E-state index is 11.8. The zero-order chi connectivity index (χ0) is 15.0. The van der Waals surface area contributed by atoms with Gasteiger partial charge in [0.25, 0.3) is 0 Å². The summed E-state index contributed by atoms with van der Waals surface area (Å²) in [6, 6.07) is 14.7. The molecule has 21 heavy (non-hydrogen) atoms. The van der Waals surface area contributed by atoms with Crippen molar-refractivity contribution in [2.45, 2.75) is 0 Å². The van der Waals surface area contributed by atoms with Crippen molar-refractivity contribution < 1.29 is 9.90 Å². The molecule has 3 rings (SSSR count). The Morgan fingerprint density at radius 2 is 1.86 bits per heavy atom. The number of nitrogens with two attached hydrogens (primary N) is 1. The van der Waals surface area contributed by atoms with Crippen molar-refractivity contribution in [3.8, 4) is 11.1 Å². The van der Waals surface area contributed by atoms with Crippen LogP contribution in [0.5, 0.6) is 0 Å². The summed E-state index contributed by atoms with van der Waals surface area (Å²) in [6.07, 6.45) is 0. The minimum absolute atomic E-state index is 0.196. The van der Waals surface area contributed by atoms with Gasteiger partial charge in [-0.2, -0.15) is 0 Å². The average molecular weight is 390 g/mol. The van der Waals surface area contributed by atoms with Crippen molar-refractivity contribution in [1.29, 1.82) is 0 Å². The van der Waals surface area contributed by atoms with Crippen LogP contribution in [-0.4, -0.2) is 16.1 Å². The minimum Gasteiger partial charge on any atom is -0.478 e. The number of hydrogen-bond donors (Lipinski definition) is 2. The van der Waals surface area contributed by atoms with Crippen LogP contribution >= 0.6 is 22.6 Å². The molecule has 1 aromatic heterocycles. The Balaban J connectivity index is 2.46. The molecular weight excluding hydrogens is 379 g/mol. The van der Waals surface area contributed by atoms with Gasteiger partial charge >= 0.3 is 5.97 Å². The number of aromatic carboxylic acids is 1. The molecule has 0 atom stereocenters. The summed E-state index contributed by atoms with van der Waals surface area (Å²) in [5.41, 5.74) is 8.02. The third-order valence-electron chi connectivity index (χ3n) is 3.25. The normalized spacial score (nSPS) is 10.7. The van der Waals surface area contributed by atoms with Crippen molar-refractivity contribution in [1.82, 2.24) is 4.98 Å². The summed E-state index contributed by atoms with van der Waals surface area (Å²) in [7, 11) is 0. The van der Waals surface area contributed by atoms with Gasteiger partial charge in [0.15, 0.2) is 0 Å². The molecule has 2 aromatic carbocycles. The fourth-order valence-corrected chi connectivity index (χ4v) is 2.86. The van der Waals surface area contributed by atoms with Crippen LogP contribution in [0.2, 0.25) is 0 Å². The van der Waals surface area contributed by atoms with Crippen molar-refractivity contribution in [2.75, 3.05) is 5.73 Å². The van der Waals surface area contributed by atoms with E-state index in [2.05, 4.69) is 27.6 Å². The molecule has 1 heterocycles. The van der Waals surface area contributed by atoms with Gasteiger partial charge < -0.3 is 10.8 Å². The van der Waals surface area contributed by atoms with Crippen LogP contribution in [0.4, 0.5) is 5.82 Å². The molecule has 0 fully saturated rings. The Labute approximate surface area is 134 Å². The molecule has 0 aliphatic heterocycles. The van der Waals surface area contributed by atoms with E-state index in [1.807, 2.05) is 42.5 Å². The number of pyridine rings is 1. The number of carboxylic acids is 1. The van der Waals surface area contributed by atoms with Crippen LogP contribution < -0.4 is 5.73 Å². The van der Waals surface area contributed by atoms with Gasteiger partial charge in [0, 0.05) is 14.5 Å². The summed E-state index contributed by atoms with van der Waals surface area (Å²) < 4.78 is 0.952.